The van der Waals surface area contributed by atoms with Crippen LogP contribution in [0.3, 0.4) is 0 Å². The van der Waals surface area contributed by atoms with Gasteiger partial charge in [-0.15, -0.1) is 0 Å². The molecule has 27 heteroatoms. The van der Waals surface area contributed by atoms with E-state index in [-0.39, 0.29) is 0 Å². The lowest BCUT2D eigenvalue weighted by molar-refractivity contribution is -0.387. The number of methoxy groups -OCH3 is 1. The van der Waals surface area contributed by atoms with E-state index in [4.69, 9.17) is 49.4 Å². The highest BCUT2D eigenvalue weighted by Gasteiger charge is 2.61. The molecule has 0 radical (unpaired) electrons. The molecule has 0 aromatic rings. The fourth-order valence-corrected chi connectivity index (χ4v) is 7.17. The number of carboxylic acid groups (broad SMARTS) is 2. The van der Waals surface area contributed by atoms with Gasteiger partial charge in [-0.2, -0.15) is 0 Å². The minimum atomic E-state index is -3.21. The van der Waals surface area contributed by atoms with Gasteiger partial charge in [0.25, 0.3) is 11.6 Å². The summed E-state index contributed by atoms with van der Waals surface area (Å²) in [6.07, 6.45) is -37.6. The summed E-state index contributed by atoms with van der Waals surface area (Å²) < 4.78 is 43.5. The molecule has 0 spiro atoms. The lowest BCUT2D eigenvalue weighted by Crippen LogP contribution is -2.71. The zero-order valence-electron chi connectivity index (χ0n) is 30.7. The molecule has 0 aromatic heterocycles. The summed E-state index contributed by atoms with van der Waals surface area (Å²) in [5.41, 5.74) is 11.9. The Balaban J connectivity index is 1.63. The molecular weight excluding hydrogens is 800 g/mol. The maximum atomic E-state index is 12.9. The topological polar surface area (TPSA) is 463 Å². The molecule has 4 saturated heterocycles. The number of aliphatic hydroxyl groups is 13. The summed E-state index contributed by atoms with van der Waals surface area (Å²) in [7, 11) is 1.13. The highest BCUT2D eigenvalue weighted by Crippen LogP contribution is 2.40. The van der Waals surface area contributed by atoms with Crippen LogP contribution < -0.4 is 11.5 Å². The Morgan fingerprint density at radius 2 is 1.21 bits per heavy atom. The minimum Gasteiger partial charge on any atom is -0.477 e. The van der Waals surface area contributed by atoms with E-state index in [0.29, 0.717) is 0 Å². The van der Waals surface area contributed by atoms with Crippen LogP contribution in [-0.4, -0.2) is 256 Å². The lowest BCUT2D eigenvalue weighted by Gasteiger charge is -2.51. The molecule has 6 unspecified atom stereocenters. The van der Waals surface area contributed by atoms with Gasteiger partial charge in [-0.05, 0) is 0 Å². The van der Waals surface area contributed by atoms with E-state index in [1.165, 1.54) is 0 Å². The maximum absolute atomic E-state index is 12.9. The van der Waals surface area contributed by atoms with Gasteiger partial charge in [0.1, 0.15) is 85.5 Å². The van der Waals surface area contributed by atoms with Crippen molar-refractivity contribution in [1.29, 1.82) is 0 Å². The van der Waals surface area contributed by atoms with Crippen LogP contribution >= 0.6 is 0 Å². The summed E-state index contributed by atoms with van der Waals surface area (Å²) in [5.74, 6) is -10.4. The van der Waals surface area contributed by atoms with Crippen LogP contribution in [0.15, 0.2) is 0 Å². The Morgan fingerprint density at radius 1 is 0.690 bits per heavy atom. The normalized spacial score (nSPS) is 45.9. The quantitative estimate of drug-likeness (QED) is 0.0646. The first kappa shape index (κ1) is 48.7. The van der Waals surface area contributed by atoms with Gasteiger partial charge in [-0.25, -0.2) is 9.59 Å². The molecule has 0 amide bonds. The Bertz CT molecular complexity index is 1350. The molecule has 4 fully saturated rings. The average Bonchev–Trinajstić information content (AvgIpc) is 3.19. The molecule has 4 heterocycles. The smallest absolute Gasteiger partial charge is 0.364 e. The van der Waals surface area contributed by atoms with Gasteiger partial charge in [0.05, 0.1) is 50.7 Å². The number of rotatable bonds is 17. The molecular formula is C31H54N2O25. The second-order valence-corrected chi connectivity index (χ2v) is 14.4. The number of aliphatic hydroxyl groups excluding tert-OH is 13. The van der Waals surface area contributed by atoms with E-state index in [1.54, 1.807) is 0 Å². The van der Waals surface area contributed by atoms with E-state index in [1.807, 2.05) is 0 Å². The first-order valence-electron chi connectivity index (χ1n) is 17.9. The van der Waals surface area contributed by atoms with Gasteiger partial charge in [-0.3, -0.25) is 0 Å². The second kappa shape index (κ2) is 19.8. The number of ether oxygens (including phenoxy) is 8. The van der Waals surface area contributed by atoms with Gasteiger partial charge in [0.15, 0.2) is 12.6 Å². The summed E-state index contributed by atoms with van der Waals surface area (Å²) in [4.78, 5) is 25.5. The maximum Gasteiger partial charge on any atom is 0.364 e. The van der Waals surface area contributed by atoms with Crippen molar-refractivity contribution in [2.75, 3.05) is 33.5 Å². The van der Waals surface area contributed by atoms with Crippen molar-refractivity contribution in [2.45, 2.75) is 147 Å². The van der Waals surface area contributed by atoms with Crippen LogP contribution in [-0.2, 0) is 47.5 Å². The first-order valence-corrected chi connectivity index (χ1v) is 17.9. The lowest BCUT2D eigenvalue weighted by atomic mass is 9.87. The Hall–Kier alpha value is -1.98. The molecule has 0 bridgehead atoms. The van der Waals surface area contributed by atoms with Gasteiger partial charge >= 0.3 is 11.9 Å². The average molecular weight is 855 g/mol. The van der Waals surface area contributed by atoms with Gasteiger partial charge in [0, 0.05) is 20.0 Å². The third-order valence-electron chi connectivity index (χ3n) is 10.6. The SMILES string of the molecule is CO[C@@H]1OC(CO)[C@@H](O[C@@H]2OC(CO)[C@H](O)C(O[C@]3(C(=O)O)C[C@@H](O)[C@@H](N)C([C@H](O)[C@@H](CO)O[C@]4(C(=O)O)C[C@@H](O)[C@@H](N)C([C@H](O)[C@H](O)CO)O4)O3)[C@@H]2O)C(O)[C@@H]1O. The largest absolute Gasteiger partial charge is 0.477 e. The predicted octanol–water partition coefficient (Wildman–Crippen LogP) is -10.8. The van der Waals surface area contributed by atoms with Crippen molar-refractivity contribution in [3.8, 4) is 0 Å². The van der Waals surface area contributed by atoms with E-state index in [2.05, 4.69) is 0 Å². The van der Waals surface area contributed by atoms with Crippen LogP contribution in [0.2, 0.25) is 0 Å². The van der Waals surface area contributed by atoms with Crippen molar-refractivity contribution in [3.63, 3.8) is 0 Å². The molecule has 0 saturated carbocycles. The van der Waals surface area contributed by atoms with Crippen LogP contribution in [0.25, 0.3) is 0 Å². The van der Waals surface area contributed by atoms with Crippen LogP contribution in [0.5, 0.6) is 0 Å². The van der Waals surface area contributed by atoms with Crippen molar-refractivity contribution in [1.82, 2.24) is 0 Å². The van der Waals surface area contributed by atoms with Crippen molar-refractivity contribution < 1.29 is 124 Å². The number of nitrogens with two attached hydrogens (primary N) is 2. The molecule has 0 aliphatic carbocycles. The van der Waals surface area contributed by atoms with Gasteiger partial charge in [0.2, 0.25) is 0 Å². The van der Waals surface area contributed by atoms with E-state index in [9.17, 15) is 86.2 Å². The number of hydrogen-bond donors (Lipinski definition) is 17. The predicted molar refractivity (Wildman–Crippen MR) is 177 cm³/mol. The molecule has 4 aliphatic heterocycles. The molecule has 27 nitrogen and oxygen atoms in total. The number of carbonyl (C=O) groups is 2. The Morgan fingerprint density at radius 3 is 1.71 bits per heavy atom. The fourth-order valence-electron chi connectivity index (χ4n) is 7.17. The molecule has 0 aromatic carbocycles. The summed E-state index contributed by atoms with van der Waals surface area (Å²) in [6, 6.07) is -3.37. The zero-order valence-corrected chi connectivity index (χ0v) is 30.7. The molecule has 4 aliphatic rings. The molecule has 4 rings (SSSR count). The third-order valence-corrected chi connectivity index (χ3v) is 10.6. The van der Waals surface area contributed by atoms with E-state index >= 15 is 0 Å². The fraction of sp³-hybridized carbons (Fsp3) is 0.935. The molecule has 19 N–H and O–H groups in total. The van der Waals surface area contributed by atoms with E-state index < -0.39 is 185 Å². The zero-order chi connectivity index (χ0) is 43.6. The van der Waals surface area contributed by atoms with Crippen LogP contribution in [0, 0.1) is 0 Å². The van der Waals surface area contributed by atoms with Crippen molar-refractivity contribution >= 4 is 11.9 Å². The third kappa shape index (κ3) is 9.56. The highest BCUT2D eigenvalue weighted by molar-refractivity contribution is 5.76. The van der Waals surface area contributed by atoms with Crippen molar-refractivity contribution in [2.24, 2.45) is 11.5 Å². The summed E-state index contributed by atoms with van der Waals surface area (Å²) in [5, 5.41) is 157. The number of hydrogen-bond acceptors (Lipinski definition) is 25. The highest BCUT2D eigenvalue weighted by atomic mass is 16.8. The van der Waals surface area contributed by atoms with Crippen LogP contribution in [0.1, 0.15) is 12.8 Å². The number of aliphatic carboxylic acids is 2. The molecule has 338 valence electrons. The molecule has 22 atom stereocenters. The van der Waals surface area contributed by atoms with Gasteiger partial charge < -0.3 is 126 Å². The number of carboxylic acids is 2. The van der Waals surface area contributed by atoms with E-state index in [0.717, 1.165) is 7.11 Å². The minimum absolute atomic E-state index is 0.845. The Labute approximate surface area is 327 Å². The van der Waals surface area contributed by atoms with Crippen LogP contribution in [0.4, 0.5) is 0 Å². The van der Waals surface area contributed by atoms with Crippen molar-refractivity contribution in [3.05, 3.63) is 0 Å². The second-order valence-electron chi connectivity index (χ2n) is 14.4. The first-order chi connectivity index (χ1) is 27.2. The molecule has 58 heavy (non-hydrogen) atoms. The monoisotopic (exact) mass is 854 g/mol. The standard InChI is InChI=1S/C31H54N2O25/c1-51-26-20(45)19(44)22(13(7-37)53-26)54-27-21(46)25(17(42)11(5-35)52-27)58-31(29(49)50)3-9(39)15(33)24(57-31)18(43)12(6-36)55-30(28(47)48)2-8(38)14(32)23(56-30)16(41)10(40)4-34/h8-27,34-46H,2-7,32-33H2,1H3,(H,47,48)(H,49,50)/t8-,9-,10-,11?,12-,13?,14-,15-,16-,17+,18-,19?,20+,21+,22-,23?,24?,25?,26-,27+,30-,31+/m1/s1. The van der Waals surface area contributed by atoms with Gasteiger partial charge in [-0.1, -0.05) is 0 Å². The summed E-state index contributed by atoms with van der Waals surface area (Å²) >= 11 is 0. The summed E-state index contributed by atoms with van der Waals surface area (Å²) in [6.45, 7) is -4.28. The Kier molecular flexibility index (Phi) is 16.6.